The molecule has 1 aliphatic rings. The lowest BCUT2D eigenvalue weighted by Crippen LogP contribution is -2.51. The summed E-state index contributed by atoms with van der Waals surface area (Å²) in [5, 5.41) is 2.97. The van der Waals surface area contributed by atoms with Crippen molar-refractivity contribution in [2.45, 2.75) is 13.5 Å². The van der Waals surface area contributed by atoms with Gasteiger partial charge < -0.3 is 29.3 Å². The van der Waals surface area contributed by atoms with Crippen LogP contribution in [-0.4, -0.2) is 87.2 Å². The number of ether oxygens (including phenoxy) is 3. The third kappa shape index (κ3) is 7.67. The van der Waals surface area contributed by atoms with E-state index in [0.29, 0.717) is 68.6 Å². The molecule has 1 N–H and O–H groups in total. The lowest BCUT2D eigenvalue weighted by Gasteiger charge is -2.36. The predicted octanol–water partition coefficient (Wildman–Crippen LogP) is 4.65. The maximum absolute atomic E-state index is 13.8. The van der Waals surface area contributed by atoms with Crippen LogP contribution < -0.4 is 19.5 Å². The van der Waals surface area contributed by atoms with E-state index in [1.165, 1.54) is 33.5 Å². The molecular weight excluding hydrogens is 527 g/mol. The van der Waals surface area contributed by atoms with Crippen molar-refractivity contribution in [3.63, 3.8) is 0 Å². The summed E-state index contributed by atoms with van der Waals surface area (Å²) in [6.07, 6.45) is 0. The van der Waals surface area contributed by atoms with E-state index < -0.39 is 0 Å². The van der Waals surface area contributed by atoms with Crippen molar-refractivity contribution in [3.8, 4) is 17.2 Å². The first kappa shape index (κ1) is 29.7. The number of methoxy groups -OCH3 is 3. The molecule has 0 saturated carbocycles. The number of rotatable bonds is 10. The van der Waals surface area contributed by atoms with Gasteiger partial charge in [0.1, 0.15) is 5.82 Å². The fraction of sp³-hybridized carbons (Fsp3) is 0.355. The SMILES string of the molecule is COc1cc(C(=O)N(CCN2CCN(C(=O)Nc3cccc(C)c3)CC2)Cc2ccc(F)cc2)cc(OC)c1OC. The topological polar surface area (TPSA) is 83.6 Å². The van der Waals surface area contributed by atoms with Gasteiger partial charge in [0.25, 0.3) is 5.91 Å². The van der Waals surface area contributed by atoms with Crippen LogP contribution in [0.5, 0.6) is 17.2 Å². The molecule has 0 unspecified atom stereocenters. The van der Waals surface area contributed by atoms with E-state index in [4.69, 9.17) is 14.2 Å². The van der Waals surface area contributed by atoms with E-state index >= 15 is 0 Å². The van der Waals surface area contributed by atoms with Crippen molar-refractivity contribution in [2.75, 3.05) is 65.9 Å². The molecule has 0 bridgehead atoms. The predicted molar refractivity (Wildman–Crippen MR) is 155 cm³/mol. The molecule has 41 heavy (non-hydrogen) atoms. The Morgan fingerprint density at radius 1 is 0.902 bits per heavy atom. The number of piperazine rings is 1. The van der Waals surface area contributed by atoms with Crippen LogP contribution in [0.4, 0.5) is 14.9 Å². The van der Waals surface area contributed by atoms with Gasteiger partial charge in [-0.3, -0.25) is 9.69 Å². The second-order valence-corrected chi connectivity index (χ2v) is 9.90. The maximum atomic E-state index is 13.8. The van der Waals surface area contributed by atoms with Crippen molar-refractivity contribution in [3.05, 3.63) is 83.2 Å². The standard InChI is InChI=1S/C31H37FN4O5/c1-22-6-5-7-26(18-22)33-31(38)35-15-12-34(13-16-35)14-17-36(21-23-8-10-25(32)11-9-23)30(37)24-19-27(39-2)29(41-4)28(20-24)40-3/h5-11,18-20H,12-17,21H2,1-4H3,(H,33,38). The second kappa shape index (κ2) is 13.8. The molecule has 1 heterocycles. The highest BCUT2D eigenvalue weighted by Gasteiger charge is 2.25. The summed E-state index contributed by atoms with van der Waals surface area (Å²) < 4.78 is 29.8. The first-order valence-corrected chi connectivity index (χ1v) is 13.5. The summed E-state index contributed by atoms with van der Waals surface area (Å²) in [6.45, 7) is 5.86. The average Bonchev–Trinajstić information content (AvgIpc) is 2.99. The fourth-order valence-corrected chi connectivity index (χ4v) is 4.81. The molecule has 0 atom stereocenters. The summed E-state index contributed by atoms with van der Waals surface area (Å²) in [5.74, 6) is 0.625. The van der Waals surface area contributed by atoms with Crippen molar-refractivity contribution in [2.24, 2.45) is 0 Å². The number of nitrogens with zero attached hydrogens (tertiary/aromatic N) is 3. The molecule has 1 saturated heterocycles. The van der Waals surface area contributed by atoms with Gasteiger partial charge in [-0.15, -0.1) is 0 Å². The third-order valence-electron chi connectivity index (χ3n) is 7.10. The highest BCUT2D eigenvalue weighted by atomic mass is 19.1. The fourth-order valence-electron chi connectivity index (χ4n) is 4.81. The third-order valence-corrected chi connectivity index (χ3v) is 7.10. The lowest BCUT2D eigenvalue weighted by molar-refractivity contribution is 0.0703. The van der Waals surface area contributed by atoms with Crippen LogP contribution in [0, 0.1) is 12.7 Å². The number of nitrogens with one attached hydrogen (secondary N) is 1. The Balaban J connectivity index is 1.43. The van der Waals surface area contributed by atoms with Gasteiger partial charge in [0.05, 0.1) is 21.3 Å². The van der Waals surface area contributed by atoms with E-state index in [1.807, 2.05) is 31.2 Å². The molecule has 0 spiro atoms. The molecule has 3 aromatic rings. The number of benzene rings is 3. The molecule has 4 rings (SSSR count). The van der Waals surface area contributed by atoms with Gasteiger partial charge >= 0.3 is 6.03 Å². The number of carbonyl (C=O) groups is 2. The number of hydrogen-bond donors (Lipinski definition) is 1. The average molecular weight is 565 g/mol. The number of carbonyl (C=O) groups excluding carboxylic acids is 2. The summed E-state index contributed by atoms with van der Waals surface area (Å²) in [6, 6.07) is 17.0. The molecule has 1 fully saturated rings. The molecule has 9 nitrogen and oxygen atoms in total. The zero-order valence-corrected chi connectivity index (χ0v) is 24.0. The minimum Gasteiger partial charge on any atom is -0.493 e. The van der Waals surface area contributed by atoms with Gasteiger partial charge in [-0.05, 0) is 54.4 Å². The summed E-state index contributed by atoms with van der Waals surface area (Å²) in [4.78, 5) is 32.3. The van der Waals surface area contributed by atoms with Crippen LogP contribution in [0.2, 0.25) is 0 Å². The van der Waals surface area contributed by atoms with Crippen LogP contribution in [-0.2, 0) is 6.54 Å². The molecular formula is C31H37FN4O5. The van der Waals surface area contributed by atoms with Crippen molar-refractivity contribution < 1.29 is 28.2 Å². The Morgan fingerprint density at radius 2 is 1.56 bits per heavy atom. The molecule has 218 valence electrons. The summed E-state index contributed by atoms with van der Waals surface area (Å²) in [7, 11) is 4.51. The monoisotopic (exact) mass is 564 g/mol. The Morgan fingerprint density at radius 3 is 2.15 bits per heavy atom. The molecule has 0 aliphatic carbocycles. The van der Waals surface area contributed by atoms with E-state index in [-0.39, 0.29) is 17.8 Å². The molecule has 1 aliphatic heterocycles. The number of halogens is 1. The lowest BCUT2D eigenvalue weighted by atomic mass is 10.1. The van der Waals surface area contributed by atoms with E-state index in [0.717, 1.165) is 16.8 Å². The quantitative estimate of drug-likeness (QED) is 0.386. The minimum absolute atomic E-state index is 0.120. The molecule has 0 radical (unpaired) electrons. The van der Waals surface area contributed by atoms with Gasteiger partial charge in [0.2, 0.25) is 5.75 Å². The van der Waals surface area contributed by atoms with Crippen LogP contribution in [0.25, 0.3) is 0 Å². The minimum atomic E-state index is -0.333. The normalized spacial score (nSPS) is 13.4. The highest BCUT2D eigenvalue weighted by molar-refractivity contribution is 5.95. The van der Waals surface area contributed by atoms with Crippen LogP contribution in [0.1, 0.15) is 21.5 Å². The van der Waals surface area contributed by atoms with Crippen LogP contribution >= 0.6 is 0 Å². The first-order valence-electron chi connectivity index (χ1n) is 13.5. The molecule has 3 amide bonds. The highest BCUT2D eigenvalue weighted by Crippen LogP contribution is 2.38. The van der Waals surface area contributed by atoms with Gasteiger partial charge in [0, 0.05) is 57.1 Å². The van der Waals surface area contributed by atoms with Gasteiger partial charge in [0.15, 0.2) is 11.5 Å². The van der Waals surface area contributed by atoms with Gasteiger partial charge in [-0.1, -0.05) is 24.3 Å². The number of hydrogen-bond acceptors (Lipinski definition) is 6. The summed E-state index contributed by atoms with van der Waals surface area (Å²) >= 11 is 0. The van der Waals surface area contributed by atoms with E-state index in [2.05, 4.69) is 10.2 Å². The molecule has 10 heteroatoms. The van der Waals surface area contributed by atoms with Crippen molar-refractivity contribution >= 4 is 17.6 Å². The Bertz CT molecular complexity index is 1320. The second-order valence-electron chi connectivity index (χ2n) is 9.90. The van der Waals surface area contributed by atoms with Crippen molar-refractivity contribution in [1.29, 1.82) is 0 Å². The number of amides is 3. The van der Waals surface area contributed by atoms with Gasteiger partial charge in [-0.25, -0.2) is 9.18 Å². The van der Waals surface area contributed by atoms with Crippen molar-refractivity contribution in [1.82, 2.24) is 14.7 Å². The Labute approximate surface area is 240 Å². The molecule has 3 aromatic carbocycles. The first-order chi connectivity index (χ1) is 19.8. The van der Waals surface area contributed by atoms with Gasteiger partial charge in [-0.2, -0.15) is 0 Å². The smallest absolute Gasteiger partial charge is 0.321 e. The summed E-state index contributed by atoms with van der Waals surface area (Å²) in [5.41, 5.74) is 3.06. The number of urea groups is 1. The zero-order valence-electron chi connectivity index (χ0n) is 24.0. The Hall–Kier alpha value is -4.31. The molecule has 0 aromatic heterocycles. The number of anilines is 1. The van der Waals surface area contributed by atoms with Crippen LogP contribution in [0.15, 0.2) is 60.7 Å². The number of aryl methyl sites for hydroxylation is 1. The zero-order chi connectivity index (χ0) is 29.4. The van der Waals surface area contributed by atoms with E-state index in [9.17, 15) is 14.0 Å². The maximum Gasteiger partial charge on any atom is 0.321 e. The Kier molecular flexibility index (Phi) is 10.0. The largest absolute Gasteiger partial charge is 0.493 e. The van der Waals surface area contributed by atoms with Crippen LogP contribution in [0.3, 0.4) is 0 Å². The van der Waals surface area contributed by atoms with E-state index in [1.54, 1.807) is 34.1 Å².